The van der Waals surface area contributed by atoms with Crippen LogP contribution >= 0.6 is 34.8 Å². The van der Waals surface area contributed by atoms with E-state index in [2.05, 4.69) is 0 Å². The van der Waals surface area contributed by atoms with Gasteiger partial charge in [-0.3, -0.25) is 0 Å². The molecule has 0 aliphatic rings. The molecule has 0 heterocycles. The van der Waals surface area contributed by atoms with Crippen LogP contribution in [0.5, 0.6) is 0 Å². The Hall–Kier alpha value is 0.740. The van der Waals surface area contributed by atoms with Crippen molar-refractivity contribution in [3.63, 3.8) is 0 Å². The highest BCUT2D eigenvalue weighted by atomic mass is 35.6. The van der Waals surface area contributed by atoms with Crippen molar-refractivity contribution in [3.05, 3.63) is 4.30 Å². The van der Waals surface area contributed by atoms with E-state index in [9.17, 15) is 0 Å². The van der Waals surface area contributed by atoms with E-state index in [4.69, 9.17) is 34.8 Å². The zero-order valence-electron chi connectivity index (χ0n) is 1.63. The van der Waals surface area contributed by atoms with E-state index in [1.807, 2.05) is 0 Å². The molecule has 0 saturated carbocycles. The van der Waals surface area contributed by atoms with Crippen LogP contribution in [-0.2, 0) is 0 Å². The van der Waals surface area contributed by atoms with Crippen molar-refractivity contribution in [1.29, 1.82) is 0 Å². The van der Waals surface area contributed by atoms with E-state index in [0.29, 0.717) is 0 Å². The molecule has 0 atom stereocenters. The van der Waals surface area contributed by atoms with Gasteiger partial charge >= 0.3 is 4.30 Å². The smallest absolute Gasteiger partial charge is 0.195 e. The first kappa shape index (κ1) is 4.74. The summed E-state index contributed by atoms with van der Waals surface area (Å²) in [6.07, 6.45) is 0. The molecule has 24 valence electrons. The van der Waals surface area contributed by atoms with E-state index in [1.54, 1.807) is 0 Å². The third-order valence-electron chi connectivity index (χ3n) is 0. The van der Waals surface area contributed by atoms with Gasteiger partial charge in [-0.05, 0) is 0 Å². The summed E-state index contributed by atoms with van der Waals surface area (Å²) < 4.78 is -0.167. The molecule has 0 amide bonds. The SMILES string of the molecule is Cl[C+](Cl)Cl. The summed E-state index contributed by atoms with van der Waals surface area (Å²) in [6.45, 7) is 0. The summed E-state index contributed by atoms with van der Waals surface area (Å²) in [5.74, 6) is 0. The van der Waals surface area contributed by atoms with E-state index in [-0.39, 0.29) is 4.30 Å². The maximum atomic E-state index is 4.72. The van der Waals surface area contributed by atoms with Gasteiger partial charge in [0.15, 0.2) is 34.8 Å². The topological polar surface area (TPSA) is 0 Å². The Bertz CT molecular complexity index is 8.00. The highest BCUT2D eigenvalue weighted by Gasteiger charge is 2.04. The van der Waals surface area contributed by atoms with Crippen molar-refractivity contribution in [2.75, 3.05) is 0 Å². The molecule has 0 N–H and O–H groups in total. The average Bonchev–Trinajstić information content (AvgIpc) is 0.811. The third-order valence-corrected chi connectivity index (χ3v) is 0. The van der Waals surface area contributed by atoms with Gasteiger partial charge in [0, 0.05) is 0 Å². The van der Waals surface area contributed by atoms with Gasteiger partial charge in [-0.1, -0.05) is 0 Å². The summed E-state index contributed by atoms with van der Waals surface area (Å²) in [7, 11) is 0. The molecule has 0 bridgehead atoms. The van der Waals surface area contributed by atoms with E-state index in [1.165, 1.54) is 0 Å². The minimum Gasteiger partial charge on any atom is 0.195 e. The summed E-state index contributed by atoms with van der Waals surface area (Å²) in [5.41, 5.74) is 0. The van der Waals surface area contributed by atoms with Crippen LogP contribution in [0.3, 0.4) is 0 Å². The van der Waals surface area contributed by atoms with Crippen molar-refractivity contribution in [2.45, 2.75) is 0 Å². The van der Waals surface area contributed by atoms with Gasteiger partial charge in [0.1, 0.15) is 0 Å². The molecule has 0 aromatic heterocycles. The number of rotatable bonds is 0. The highest BCUT2D eigenvalue weighted by Crippen LogP contribution is 2.15. The molecule has 3 heteroatoms. The Kier molecular flexibility index (Phi) is 2.38. The van der Waals surface area contributed by atoms with Crippen LogP contribution in [-0.4, -0.2) is 0 Å². The van der Waals surface area contributed by atoms with Crippen LogP contribution < -0.4 is 0 Å². The van der Waals surface area contributed by atoms with Gasteiger partial charge in [-0.15, -0.1) is 0 Å². The van der Waals surface area contributed by atoms with Crippen LogP contribution in [0.1, 0.15) is 0 Å². The number of hydrogen-bond donors (Lipinski definition) is 0. The maximum Gasteiger partial charge on any atom is 0.416 e. The fourth-order valence-electron chi connectivity index (χ4n) is 0. The van der Waals surface area contributed by atoms with Gasteiger partial charge in [-0.25, -0.2) is 0 Å². The Balaban J connectivity index is 2.32. The van der Waals surface area contributed by atoms with Crippen LogP contribution in [0.4, 0.5) is 0 Å². The van der Waals surface area contributed by atoms with Gasteiger partial charge in [0.25, 0.3) is 0 Å². The molecule has 0 fully saturated rings. The average molecular weight is 118 g/mol. The molecule has 0 nitrogen and oxygen atoms in total. The molecule has 0 unspecified atom stereocenters. The van der Waals surface area contributed by atoms with Gasteiger partial charge in [0.05, 0.1) is 0 Å². The lowest BCUT2D eigenvalue weighted by atomic mass is 11.9. The van der Waals surface area contributed by atoms with Crippen molar-refractivity contribution in [3.8, 4) is 0 Å². The Labute approximate surface area is 39.6 Å². The van der Waals surface area contributed by atoms with Crippen molar-refractivity contribution in [2.24, 2.45) is 0 Å². The van der Waals surface area contributed by atoms with E-state index >= 15 is 0 Å². The van der Waals surface area contributed by atoms with Crippen LogP contribution in [0.2, 0.25) is 0 Å². The monoisotopic (exact) mass is 117 g/mol. The minimum absolute atomic E-state index is 0.167. The molecule has 0 saturated heterocycles. The highest BCUT2D eigenvalue weighted by molar-refractivity contribution is 6.72. The van der Waals surface area contributed by atoms with Crippen molar-refractivity contribution < 1.29 is 0 Å². The Morgan fingerprint density at radius 2 is 1.00 bits per heavy atom. The first-order chi connectivity index (χ1) is 1.73. The second-order valence-electron chi connectivity index (χ2n) is 0.214. The zero-order valence-corrected chi connectivity index (χ0v) is 3.90. The lowest BCUT2D eigenvalue weighted by Gasteiger charge is -1.43. The fraction of sp³-hybridized carbons (Fsp3) is 0. The fourth-order valence-corrected chi connectivity index (χ4v) is 0. The number of halogens is 3. The zero-order chi connectivity index (χ0) is 3.58. The predicted octanol–water partition coefficient (Wildman–Crippen LogP) is 2.15. The molecule has 0 aliphatic heterocycles. The standard InChI is InChI=1S/CCl3/c2-1(3)4/q+1. The molecule has 0 rings (SSSR count). The van der Waals surface area contributed by atoms with Crippen molar-refractivity contribution >= 4 is 34.8 Å². The van der Waals surface area contributed by atoms with Gasteiger partial charge in [0.2, 0.25) is 0 Å². The van der Waals surface area contributed by atoms with Crippen LogP contribution in [0.25, 0.3) is 0 Å². The lowest BCUT2D eigenvalue weighted by Crippen LogP contribution is -1.37. The van der Waals surface area contributed by atoms with Gasteiger partial charge in [-0.2, -0.15) is 0 Å². The minimum atomic E-state index is -0.167. The number of hydrogen-bond acceptors (Lipinski definition) is 0. The predicted molar refractivity (Wildman–Crippen MR) is 20.8 cm³/mol. The summed E-state index contributed by atoms with van der Waals surface area (Å²) >= 11 is 14.2. The molecule has 0 aliphatic carbocycles. The molecule has 0 aromatic rings. The first-order valence-electron chi connectivity index (χ1n) is 0.567. The maximum absolute atomic E-state index is 4.72. The summed E-state index contributed by atoms with van der Waals surface area (Å²) in [5, 5.41) is 0. The third kappa shape index (κ3) is 15.1. The Morgan fingerprint density at radius 1 is 1.00 bits per heavy atom. The largest absolute Gasteiger partial charge is 0.416 e. The van der Waals surface area contributed by atoms with Crippen LogP contribution in [0.15, 0.2) is 0 Å². The molecular formula is CCl3+. The van der Waals surface area contributed by atoms with E-state index in [0.717, 1.165) is 0 Å². The normalized spacial score (nSPS) is 6.75. The molecule has 0 radical (unpaired) electrons. The summed E-state index contributed by atoms with van der Waals surface area (Å²) in [6, 6.07) is 0. The quantitative estimate of drug-likeness (QED) is 0.428. The first-order valence-corrected chi connectivity index (χ1v) is 1.70. The summed E-state index contributed by atoms with van der Waals surface area (Å²) in [4.78, 5) is 0. The van der Waals surface area contributed by atoms with Gasteiger partial charge < -0.3 is 0 Å². The molecule has 0 aromatic carbocycles. The second-order valence-corrected chi connectivity index (χ2v) is 1.93. The second kappa shape index (κ2) is 2.01. The molecule has 0 spiro atoms. The van der Waals surface area contributed by atoms with Crippen LogP contribution in [0, 0.1) is 4.30 Å². The van der Waals surface area contributed by atoms with Crippen molar-refractivity contribution in [1.82, 2.24) is 0 Å². The Morgan fingerprint density at radius 3 is 1.00 bits per heavy atom. The molecule has 4 heavy (non-hydrogen) atoms. The lowest BCUT2D eigenvalue weighted by molar-refractivity contribution is 2.38. The van der Waals surface area contributed by atoms with E-state index < -0.39 is 0 Å². The molecular weight excluding hydrogens is 118 g/mol.